The van der Waals surface area contributed by atoms with Crippen LogP contribution in [-0.2, 0) is 37.5 Å². The summed E-state index contributed by atoms with van der Waals surface area (Å²) < 4.78 is 32.5. The summed E-state index contributed by atoms with van der Waals surface area (Å²) in [6.07, 6.45) is 35.9. The molecule has 0 aliphatic heterocycles. The van der Waals surface area contributed by atoms with Gasteiger partial charge in [-0.2, -0.15) is 0 Å². The fraction of sp³-hybridized carbons (Fsp3) is 0.878. The molecule has 53 heavy (non-hydrogen) atoms. The van der Waals surface area contributed by atoms with Gasteiger partial charge in [-0.05, 0) is 38.5 Å². The van der Waals surface area contributed by atoms with E-state index in [9.17, 15) is 23.8 Å². The molecule has 0 aliphatic carbocycles. The van der Waals surface area contributed by atoms with Gasteiger partial charge in [-0.15, -0.1) is 0 Å². The second-order valence-corrected chi connectivity index (χ2v) is 15.9. The zero-order valence-corrected chi connectivity index (χ0v) is 34.5. The first kappa shape index (κ1) is 51.2. The van der Waals surface area contributed by atoms with E-state index in [4.69, 9.17) is 24.8 Å². The van der Waals surface area contributed by atoms with E-state index in [-0.39, 0.29) is 19.4 Å². The van der Waals surface area contributed by atoms with Crippen LogP contribution in [0.15, 0.2) is 12.2 Å². The topological polar surface area (TPSA) is 172 Å². The maximum Gasteiger partial charge on any atom is 0.472 e. The number of hydrogen-bond acceptors (Lipinski definition) is 9. The summed E-state index contributed by atoms with van der Waals surface area (Å²) in [5.74, 6) is -2.37. The predicted octanol–water partition coefficient (Wildman–Crippen LogP) is 10.9. The first-order valence-corrected chi connectivity index (χ1v) is 22.7. The third kappa shape index (κ3) is 36.9. The van der Waals surface area contributed by atoms with Gasteiger partial charge in [0.1, 0.15) is 12.6 Å². The standard InChI is InChI=1S/C41H78NO10P/c1-3-5-7-9-11-13-14-15-16-17-18-19-20-21-22-23-24-25-27-28-30-32-39(43)49-34-37(35-50-53(47,48)51-36-38(42)41(45)46)52-40(44)33-31-29-26-12-10-8-6-4-2/h15-16,37-38H,3-14,17-36,42H2,1-2H3,(H,45,46)(H,47,48)/b16-15+/t37-,38-/m0/s1. The molecule has 0 aromatic carbocycles. The van der Waals surface area contributed by atoms with Gasteiger partial charge in [-0.25, -0.2) is 4.57 Å². The van der Waals surface area contributed by atoms with Gasteiger partial charge in [0.15, 0.2) is 6.10 Å². The minimum Gasteiger partial charge on any atom is -0.480 e. The number of phosphoric ester groups is 1. The Bertz CT molecular complexity index is 963. The summed E-state index contributed by atoms with van der Waals surface area (Å²) in [7, 11) is -4.70. The molecule has 0 bridgehead atoms. The summed E-state index contributed by atoms with van der Waals surface area (Å²) in [6.45, 7) is 2.76. The molecule has 0 aliphatic rings. The number of rotatable bonds is 40. The van der Waals surface area contributed by atoms with Crippen molar-refractivity contribution in [2.24, 2.45) is 5.73 Å². The maximum atomic E-state index is 12.5. The lowest BCUT2D eigenvalue weighted by Gasteiger charge is -2.20. The summed E-state index contributed by atoms with van der Waals surface area (Å²) in [6, 6.07) is -1.52. The molecule has 312 valence electrons. The fourth-order valence-electron chi connectivity index (χ4n) is 5.88. The molecular formula is C41H78NO10P. The smallest absolute Gasteiger partial charge is 0.472 e. The highest BCUT2D eigenvalue weighted by atomic mass is 31.2. The molecule has 1 unspecified atom stereocenters. The van der Waals surface area contributed by atoms with Crippen molar-refractivity contribution >= 4 is 25.7 Å². The summed E-state index contributed by atoms with van der Waals surface area (Å²) >= 11 is 0. The molecule has 0 rings (SSSR count). The fourth-order valence-corrected chi connectivity index (χ4v) is 6.66. The molecule has 0 aromatic heterocycles. The zero-order chi connectivity index (χ0) is 39.3. The lowest BCUT2D eigenvalue weighted by Crippen LogP contribution is -2.34. The Balaban J connectivity index is 4.17. The van der Waals surface area contributed by atoms with E-state index >= 15 is 0 Å². The molecule has 0 radical (unpaired) electrons. The number of carboxylic acids is 1. The lowest BCUT2D eigenvalue weighted by molar-refractivity contribution is -0.161. The summed E-state index contributed by atoms with van der Waals surface area (Å²) in [5.41, 5.74) is 5.31. The van der Waals surface area contributed by atoms with Crippen LogP contribution in [0.25, 0.3) is 0 Å². The number of ether oxygens (including phenoxy) is 2. The summed E-state index contributed by atoms with van der Waals surface area (Å²) in [5, 5.41) is 8.86. The third-order valence-electron chi connectivity index (χ3n) is 9.26. The molecular weight excluding hydrogens is 697 g/mol. The molecule has 11 nitrogen and oxygen atoms in total. The van der Waals surface area contributed by atoms with Gasteiger partial charge in [-0.3, -0.25) is 23.4 Å². The van der Waals surface area contributed by atoms with E-state index in [1.54, 1.807) is 0 Å². The number of nitrogens with two attached hydrogens (primary N) is 1. The Morgan fingerprint density at radius 2 is 0.943 bits per heavy atom. The molecule has 0 spiro atoms. The molecule has 0 saturated heterocycles. The van der Waals surface area contributed by atoms with E-state index < -0.39 is 51.1 Å². The van der Waals surface area contributed by atoms with Crippen molar-refractivity contribution in [3.05, 3.63) is 12.2 Å². The second-order valence-electron chi connectivity index (χ2n) is 14.5. The Hall–Kier alpha value is -1.78. The van der Waals surface area contributed by atoms with Crippen LogP contribution < -0.4 is 5.73 Å². The van der Waals surface area contributed by atoms with Gasteiger partial charge >= 0.3 is 25.7 Å². The Labute approximate surface area is 322 Å². The maximum absolute atomic E-state index is 12.5. The molecule has 3 atom stereocenters. The highest BCUT2D eigenvalue weighted by Gasteiger charge is 2.28. The minimum absolute atomic E-state index is 0.164. The average molecular weight is 776 g/mol. The highest BCUT2D eigenvalue weighted by molar-refractivity contribution is 7.47. The number of unbranched alkanes of at least 4 members (excludes halogenated alkanes) is 24. The van der Waals surface area contributed by atoms with Crippen LogP contribution in [0.5, 0.6) is 0 Å². The highest BCUT2D eigenvalue weighted by Crippen LogP contribution is 2.43. The van der Waals surface area contributed by atoms with Crippen molar-refractivity contribution < 1.29 is 47.5 Å². The van der Waals surface area contributed by atoms with Crippen LogP contribution in [0, 0.1) is 0 Å². The Kier molecular flexibility index (Phi) is 35.9. The van der Waals surface area contributed by atoms with E-state index in [1.165, 1.54) is 122 Å². The number of carbonyl (C=O) groups is 3. The Morgan fingerprint density at radius 1 is 0.566 bits per heavy atom. The van der Waals surface area contributed by atoms with Crippen LogP contribution in [0.4, 0.5) is 0 Å². The van der Waals surface area contributed by atoms with Crippen molar-refractivity contribution in [2.45, 2.75) is 212 Å². The number of allylic oxidation sites excluding steroid dienone is 2. The number of esters is 2. The van der Waals surface area contributed by atoms with E-state index in [2.05, 4.69) is 30.5 Å². The van der Waals surface area contributed by atoms with Crippen molar-refractivity contribution in [3.8, 4) is 0 Å². The molecule has 0 fully saturated rings. The van der Waals surface area contributed by atoms with E-state index in [0.29, 0.717) is 12.8 Å². The molecule has 0 saturated carbocycles. The number of aliphatic carboxylic acids is 1. The molecule has 0 heterocycles. The first-order chi connectivity index (χ1) is 25.6. The predicted molar refractivity (Wildman–Crippen MR) is 213 cm³/mol. The lowest BCUT2D eigenvalue weighted by atomic mass is 10.0. The van der Waals surface area contributed by atoms with Crippen LogP contribution >= 0.6 is 7.82 Å². The number of carbonyl (C=O) groups excluding carboxylic acids is 2. The molecule has 0 aromatic rings. The zero-order valence-electron chi connectivity index (χ0n) is 33.6. The van der Waals surface area contributed by atoms with Crippen molar-refractivity contribution in [3.63, 3.8) is 0 Å². The molecule has 12 heteroatoms. The van der Waals surface area contributed by atoms with Crippen molar-refractivity contribution in [1.82, 2.24) is 0 Å². The van der Waals surface area contributed by atoms with Crippen molar-refractivity contribution in [2.75, 3.05) is 19.8 Å². The van der Waals surface area contributed by atoms with Gasteiger partial charge in [-0.1, -0.05) is 161 Å². The van der Waals surface area contributed by atoms with Crippen molar-refractivity contribution in [1.29, 1.82) is 0 Å². The van der Waals surface area contributed by atoms with E-state index in [1.807, 2.05) is 0 Å². The van der Waals surface area contributed by atoms with Gasteiger partial charge in [0, 0.05) is 12.8 Å². The number of phosphoric acid groups is 1. The first-order valence-electron chi connectivity index (χ1n) is 21.2. The van der Waals surface area contributed by atoms with E-state index in [0.717, 1.165) is 38.5 Å². The van der Waals surface area contributed by atoms with Crippen LogP contribution in [0.2, 0.25) is 0 Å². The SMILES string of the molecule is CCCCCCCC/C=C/CCCCCCCCCCCCCC(=O)OC[C@@H](COP(=O)(O)OC[C@H](N)C(=O)O)OC(=O)CCCCCCCCCC. The quantitative estimate of drug-likeness (QED) is 0.0234. The number of hydrogen-bond donors (Lipinski definition) is 3. The molecule has 0 amide bonds. The number of carboxylic acid groups (broad SMARTS) is 1. The van der Waals surface area contributed by atoms with Gasteiger partial charge in [0.25, 0.3) is 0 Å². The largest absolute Gasteiger partial charge is 0.480 e. The third-order valence-corrected chi connectivity index (χ3v) is 10.2. The minimum atomic E-state index is -4.70. The second kappa shape index (κ2) is 37.2. The van der Waals surface area contributed by atoms with Crippen LogP contribution in [0.1, 0.15) is 200 Å². The monoisotopic (exact) mass is 776 g/mol. The van der Waals surface area contributed by atoms with Gasteiger partial charge < -0.3 is 25.2 Å². The van der Waals surface area contributed by atoms with Gasteiger partial charge in [0.2, 0.25) is 0 Å². The van der Waals surface area contributed by atoms with Crippen LogP contribution in [0.3, 0.4) is 0 Å². The average Bonchev–Trinajstić information content (AvgIpc) is 3.13. The Morgan fingerprint density at radius 3 is 1.38 bits per heavy atom. The normalized spacial score (nSPS) is 13.9. The van der Waals surface area contributed by atoms with Crippen LogP contribution in [-0.4, -0.2) is 59.9 Å². The molecule has 4 N–H and O–H groups in total. The van der Waals surface area contributed by atoms with Gasteiger partial charge in [0.05, 0.1) is 13.2 Å². The summed E-state index contributed by atoms with van der Waals surface area (Å²) in [4.78, 5) is 45.7.